The van der Waals surface area contributed by atoms with Gasteiger partial charge in [0.15, 0.2) is 6.19 Å². The number of benzene rings is 1. The van der Waals surface area contributed by atoms with E-state index in [0.717, 1.165) is 79.9 Å². The highest BCUT2D eigenvalue weighted by molar-refractivity contribution is 7.20. The molecule has 0 unspecified atom stereocenters. The zero-order chi connectivity index (χ0) is 25.3. The van der Waals surface area contributed by atoms with Crippen LogP contribution in [-0.4, -0.2) is 41.6 Å². The Morgan fingerprint density at radius 2 is 2.05 bits per heavy atom. The minimum absolute atomic E-state index is 0.155. The van der Waals surface area contributed by atoms with Crippen LogP contribution < -0.4 is 10.1 Å². The first-order valence-electron chi connectivity index (χ1n) is 12.8. The smallest absolute Gasteiger partial charge is 0.304 e. The number of piperidine rings is 1. The Kier molecular flexibility index (Phi) is 8.46. The van der Waals surface area contributed by atoms with Crippen molar-refractivity contribution in [1.29, 1.82) is 5.26 Å². The highest BCUT2D eigenvalue weighted by Crippen LogP contribution is 2.29. The first-order valence-corrected chi connectivity index (χ1v) is 13.7. The molecule has 0 amide bonds. The van der Waals surface area contributed by atoms with E-state index in [9.17, 15) is 0 Å². The zero-order valence-corrected chi connectivity index (χ0v) is 21.6. The van der Waals surface area contributed by atoms with Crippen LogP contribution in [-0.2, 0) is 4.74 Å². The van der Waals surface area contributed by atoms with Crippen molar-refractivity contribution in [3.63, 3.8) is 0 Å². The Labute approximate surface area is 221 Å². The molecule has 0 bridgehead atoms. The average Bonchev–Trinajstić information content (AvgIpc) is 3.20. The Bertz CT molecular complexity index is 1290. The molecule has 1 aliphatic heterocycles. The molecule has 37 heavy (non-hydrogen) atoms. The van der Waals surface area contributed by atoms with Gasteiger partial charge in [-0.3, -0.25) is 0 Å². The number of aromatic nitrogens is 1. The van der Waals surface area contributed by atoms with Crippen LogP contribution in [0.25, 0.3) is 10.2 Å². The van der Waals surface area contributed by atoms with E-state index in [1.54, 1.807) is 11.3 Å². The molecular weight excluding hydrogens is 482 g/mol. The molecule has 1 aromatic carbocycles. The van der Waals surface area contributed by atoms with Gasteiger partial charge in [-0.1, -0.05) is 47.8 Å². The fraction of sp³-hybridized carbons (Fsp3) is 0.345. The summed E-state index contributed by atoms with van der Waals surface area (Å²) >= 11 is 1.57. The molecule has 5 rings (SSSR count). The zero-order valence-electron chi connectivity index (χ0n) is 20.8. The summed E-state index contributed by atoms with van der Waals surface area (Å²) in [5.41, 5.74) is 2.27. The first kappa shape index (κ1) is 25.0. The molecule has 3 aliphatic rings. The normalized spacial score (nSPS) is 19.0. The summed E-state index contributed by atoms with van der Waals surface area (Å²) in [4.78, 5) is 11.7. The molecule has 190 valence electrons. The number of hydrogen-bond donors (Lipinski definition) is 1. The molecular formula is C29H31N5O2S. The lowest BCUT2D eigenvalue weighted by atomic mass is 10.0. The topological polar surface area (TPSA) is 82.8 Å². The number of likely N-dealkylation sites (tertiary alicyclic amines) is 1. The fourth-order valence-corrected chi connectivity index (χ4v) is 5.38. The van der Waals surface area contributed by atoms with Crippen molar-refractivity contribution in [2.45, 2.75) is 44.6 Å². The third-order valence-electron chi connectivity index (χ3n) is 6.54. The van der Waals surface area contributed by atoms with E-state index >= 15 is 0 Å². The number of allylic oxidation sites excluding steroid dienone is 7. The predicted molar refractivity (Wildman–Crippen MR) is 148 cm³/mol. The minimum Gasteiger partial charge on any atom is -0.435 e. The molecule has 7 nitrogen and oxygen atoms in total. The van der Waals surface area contributed by atoms with Crippen molar-refractivity contribution in [2.75, 3.05) is 19.6 Å². The van der Waals surface area contributed by atoms with Gasteiger partial charge in [-0.15, -0.1) is 0 Å². The van der Waals surface area contributed by atoms with E-state index in [2.05, 4.69) is 56.6 Å². The van der Waals surface area contributed by atoms with Crippen molar-refractivity contribution >= 4 is 27.6 Å². The van der Waals surface area contributed by atoms with Gasteiger partial charge in [-0.25, -0.2) is 15.3 Å². The molecule has 0 atom stereocenters. The van der Waals surface area contributed by atoms with Crippen molar-refractivity contribution in [3.8, 4) is 11.4 Å². The Morgan fingerprint density at radius 3 is 2.86 bits per heavy atom. The third kappa shape index (κ3) is 7.19. The molecule has 1 N–H and O–H groups in total. The summed E-state index contributed by atoms with van der Waals surface area (Å²) in [6.07, 6.45) is 22.2. The lowest BCUT2D eigenvalue weighted by molar-refractivity contribution is 0.215. The molecule has 1 aromatic heterocycles. The summed E-state index contributed by atoms with van der Waals surface area (Å²) in [5, 5.41) is 12.4. The van der Waals surface area contributed by atoms with Crippen LogP contribution in [0.3, 0.4) is 0 Å². The maximum atomic E-state index is 9.08. The van der Waals surface area contributed by atoms with Crippen molar-refractivity contribution < 1.29 is 9.47 Å². The van der Waals surface area contributed by atoms with Gasteiger partial charge < -0.3 is 14.4 Å². The van der Waals surface area contributed by atoms with Gasteiger partial charge >= 0.3 is 6.02 Å². The van der Waals surface area contributed by atoms with E-state index in [4.69, 9.17) is 14.7 Å². The highest BCUT2D eigenvalue weighted by Gasteiger charge is 2.20. The Hall–Kier alpha value is -3.67. The van der Waals surface area contributed by atoms with Gasteiger partial charge in [0.2, 0.25) is 0 Å². The van der Waals surface area contributed by atoms with E-state index in [1.807, 2.05) is 36.5 Å². The Morgan fingerprint density at radius 1 is 1.16 bits per heavy atom. The van der Waals surface area contributed by atoms with Crippen molar-refractivity contribution in [2.24, 2.45) is 4.99 Å². The van der Waals surface area contributed by atoms with Crippen LogP contribution >= 0.6 is 11.3 Å². The summed E-state index contributed by atoms with van der Waals surface area (Å²) in [5.74, 6) is 1.66. The number of nitrogens with zero attached hydrogens (tertiary/aromatic N) is 4. The molecule has 8 heteroatoms. The van der Waals surface area contributed by atoms with Gasteiger partial charge in [-0.2, -0.15) is 5.26 Å². The summed E-state index contributed by atoms with van der Waals surface area (Å²) in [6.45, 7) is 2.97. The standard InChI is InChI=1S/C29H31N5O2S/c30-21-31-28(35-24-8-2-1-3-9-24)32-23-16-19-34(20-17-23)18-15-22-7-6-10-25(14-13-22)36-29-33-26-11-4-5-12-27(26)37-29/h2,4-9,11-14,23H,1,3,10,15-20H2,(H,31,32). The highest BCUT2D eigenvalue weighted by atomic mass is 32.1. The van der Waals surface area contributed by atoms with E-state index in [1.165, 1.54) is 5.57 Å². The number of hydrogen-bond acceptors (Lipinski definition) is 7. The van der Waals surface area contributed by atoms with Crippen molar-refractivity contribution in [3.05, 3.63) is 83.9 Å². The SMILES string of the molecule is N#CNC(=NC1CCN(CCC2=CC=C(Oc3nc4ccccc4s3)CC=C2)CC1)OC1=CCCC=C1. The molecule has 0 radical (unpaired) electrons. The van der Waals surface area contributed by atoms with Crippen LogP contribution in [0.5, 0.6) is 5.19 Å². The van der Waals surface area contributed by atoms with Crippen LogP contribution in [0.4, 0.5) is 0 Å². The minimum atomic E-state index is 0.155. The van der Waals surface area contributed by atoms with Crippen molar-refractivity contribution in [1.82, 2.24) is 15.2 Å². The number of amidine groups is 1. The second kappa shape index (κ2) is 12.5. The van der Waals surface area contributed by atoms with Crippen LogP contribution in [0, 0.1) is 11.5 Å². The van der Waals surface area contributed by atoms with E-state index in [-0.39, 0.29) is 6.04 Å². The molecule has 2 heterocycles. The Balaban J connectivity index is 1.09. The number of nitriles is 1. The van der Waals surface area contributed by atoms with Gasteiger partial charge in [0.1, 0.15) is 11.5 Å². The number of rotatable bonds is 7. The third-order valence-corrected chi connectivity index (χ3v) is 7.45. The quantitative estimate of drug-likeness (QED) is 0.212. The maximum Gasteiger partial charge on any atom is 0.304 e. The first-order chi connectivity index (χ1) is 18.2. The average molecular weight is 514 g/mol. The molecule has 1 saturated heterocycles. The molecule has 1 fully saturated rings. The lowest BCUT2D eigenvalue weighted by Crippen LogP contribution is -2.37. The number of fused-ring (bicyclic) bond motifs is 1. The number of ether oxygens (including phenoxy) is 2. The molecule has 2 aromatic rings. The van der Waals surface area contributed by atoms with Gasteiger partial charge in [0.25, 0.3) is 5.19 Å². The fourth-order valence-electron chi connectivity index (χ4n) is 4.53. The molecule has 2 aliphatic carbocycles. The van der Waals surface area contributed by atoms with Gasteiger partial charge in [0.05, 0.1) is 16.3 Å². The van der Waals surface area contributed by atoms with E-state index in [0.29, 0.717) is 11.2 Å². The number of thiazole rings is 1. The number of aliphatic imine (C=N–C) groups is 1. The lowest BCUT2D eigenvalue weighted by Gasteiger charge is -2.30. The van der Waals surface area contributed by atoms with Crippen LogP contribution in [0.15, 0.2) is 88.9 Å². The maximum absolute atomic E-state index is 9.08. The molecule has 0 spiro atoms. The predicted octanol–water partition coefficient (Wildman–Crippen LogP) is 5.98. The monoisotopic (exact) mass is 513 g/mol. The number of para-hydroxylation sites is 1. The van der Waals surface area contributed by atoms with E-state index < -0.39 is 0 Å². The summed E-state index contributed by atoms with van der Waals surface area (Å²) in [6, 6.07) is 8.54. The summed E-state index contributed by atoms with van der Waals surface area (Å²) in [7, 11) is 0. The van der Waals surface area contributed by atoms with Crippen LogP contribution in [0.2, 0.25) is 0 Å². The van der Waals surface area contributed by atoms with Gasteiger partial charge in [0, 0.05) is 26.1 Å². The second-order valence-corrected chi connectivity index (χ2v) is 10.2. The molecule has 0 saturated carbocycles. The largest absolute Gasteiger partial charge is 0.435 e. The van der Waals surface area contributed by atoms with Crippen LogP contribution in [0.1, 0.15) is 38.5 Å². The van der Waals surface area contributed by atoms with Gasteiger partial charge in [-0.05, 0) is 68.0 Å². The second-order valence-electron chi connectivity index (χ2n) is 9.21. The number of nitrogens with one attached hydrogen (secondary N) is 1. The summed E-state index contributed by atoms with van der Waals surface area (Å²) < 4.78 is 13.0.